The standard InChI is InChI=1S/C24H27FN2O4/c1-30-18-9-10-22(31-2)19(11-18)20-13-27(24(29)16-5-6-16)14-21(20)23(28)26-12-15-3-7-17(25)8-4-15/h3-4,7-11,16,20-21H,5-6,12-14H2,1-2H3,(H,26,28)/t20-,21-/m1/s1. The van der Waals surface area contributed by atoms with Crippen LogP contribution in [-0.2, 0) is 16.1 Å². The summed E-state index contributed by atoms with van der Waals surface area (Å²) in [5, 5.41) is 2.96. The molecule has 1 aliphatic heterocycles. The first kappa shape index (κ1) is 21.2. The van der Waals surface area contributed by atoms with Crippen LogP contribution in [0.5, 0.6) is 11.5 Å². The third-order valence-corrected chi connectivity index (χ3v) is 6.11. The van der Waals surface area contributed by atoms with Crippen molar-refractivity contribution >= 4 is 11.8 Å². The molecule has 7 heteroatoms. The van der Waals surface area contributed by atoms with Crippen molar-refractivity contribution in [3.8, 4) is 11.5 Å². The quantitative estimate of drug-likeness (QED) is 0.739. The van der Waals surface area contributed by atoms with Gasteiger partial charge >= 0.3 is 0 Å². The molecular weight excluding hydrogens is 399 g/mol. The van der Waals surface area contributed by atoms with Gasteiger partial charge in [-0.25, -0.2) is 4.39 Å². The third-order valence-electron chi connectivity index (χ3n) is 6.11. The number of hydrogen-bond donors (Lipinski definition) is 1. The van der Waals surface area contributed by atoms with E-state index in [9.17, 15) is 14.0 Å². The first-order valence-electron chi connectivity index (χ1n) is 10.5. The van der Waals surface area contributed by atoms with E-state index in [4.69, 9.17) is 9.47 Å². The molecule has 1 saturated heterocycles. The highest BCUT2D eigenvalue weighted by molar-refractivity contribution is 5.85. The smallest absolute Gasteiger partial charge is 0.225 e. The number of nitrogens with zero attached hydrogens (tertiary/aromatic N) is 1. The molecule has 0 unspecified atom stereocenters. The van der Waals surface area contributed by atoms with Crippen LogP contribution in [0, 0.1) is 17.7 Å². The van der Waals surface area contributed by atoms with Crippen LogP contribution in [0.1, 0.15) is 29.9 Å². The summed E-state index contributed by atoms with van der Waals surface area (Å²) in [6, 6.07) is 11.6. The molecule has 2 amide bonds. The SMILES string of the molecule is COc1ccc(OC)c([C@H]2CN(C(=O)C3CC3)C[C@H]2C(=O)NCc2ccc(F)cc2)c1. The Morgan fingerprint density at radius 1 is 1.06 bits per heavy atom. The monoisotopic (exact) mass is 426 g/mol. The number of methoxy groups -OCH3 is 2. The Labute approximate surface area is 181 Å². The van der Waals surface area contributed by atoms with Crippen LogP contribution >= 0.6 is 0 Å². The van der Waals surface area contributed by atoms with Crippen molar-refractivity contribution in [1.82, 2.24) is 10.2 Å². The van der Waals surface area contributed by atoms with Gasteiger partial charge in [0, 0.05) is 37.0 Å². The minimum absolute atomic E-state index is 0.0916. The Balaban J connectivity index is 1.57. The van der Waals surface area contributed by atoms with Crippen molar-refractivity contribution in [3.63, 3.8) is 0 Å². The van der Waals surface area contributed by atoms with E-state index in [0.29, 0.717) is 31.1 Å². The van der Waals surface area contributed by atoms with Gasteiger partial charge in [-0.1, -0.05) is 12.1 Å². The van der Waals surface area contributed by atoms with Gasteiger partial charge in [0.15, 0.2) is 0 Å². The van der Waals surface area contributed by atoms with Gasteiger partial charge in [0.1, 0.15) is 17.3 Å². The van der Waals surface area contributed by atoms with Gasteiger partial charge in [-0.15, -0.1) is 0 Å². The largest absolute Gasteiger partial charge is 0.497 e. The maximum absolute atomic E-state index is 13.2. The molecule has 1 heterocycles. The predicted octanol–water partition coefficient (Wildman–Crippen LogP) is 3.11. The Morgan fingerprint density at radius 2 is 1.81 bits per heavy atom. The van der Waals surface area contributed by atoms with Crippen LogP contribution in [0.3, 0.4) is 0 Å². The van der Waals surface area contributed by atoms with Crippen LogP contribution in [0.25, 0.3) is 0 Å². The average molecular weight is 426 g/mol. The Hall–Kier alpha value is -3.09. The summed E-state index contributed by atoms with van der Waals surface area (Å²) in [6.45, 7) is 1.14. The van der Waals surface area contributed by atoms with E-state index in [1.807, 2.05) is 23.1 Å². The Bertz CT molecular complexity index is 959. The average Bonchev–Trinajstić information content (AvgIpc) is 3.55. The number of nitrogens with one attached hydrogen (secondary N) is 1. The summed E-state index contributed by atoms with van der Waals surface area (Å²) in [5.41, 5.74) is 1.67. The molecule has 1 aliphatic carbocycles. The van der Waals surface area contributed by atoms with Crippen molar-refractivity contribution in [2.24, 2.45) is 11.8 Å². The van der Waals surface area contributed by atoms with Gasteiger partial charge in [0.25, 0.3) is 0 Å². The van der Waals surface area contributed by atoms with Gasteiger partial charge in [0.05, 0.1) is 20.1 Å². The fourth-order valence-corrected chi connectivity index (χ4v) is 4.20. The molecule has 164 valence electrons. The summed E-state index contributed by atoms with van der Waals surface area (Å²) in [5.74, 6) is 0.492. The highest BCUT2D eigenvalue weighted by Crippen LogP contribution is 2.41. The molecule has 31 heavy (non-hydrogen) atoms. The fourth-order valence-electron chi connectivity index (χ4n) is 4.20. The minimum atomic E-state index is -0.413. The molecule has 2 aliphatic rings. The third kappa shape index (κ3) is 4.65. The lowest BCUT2D eigenvalue weighted by Crippen LogP contribution is -2.35. The number of ether oxygens (including phenoxy) is 2. The van der Waals surface area contributed by atoms with Crippen LogP contribution in [0.2, 0.25) is 0 Å². The zero-order valence-corrected chi connectivity index (χ0v) is 17.8. The van der Waals surface area contributed by atoms with E-state index < -0.39 is 5.92 Å². The van der Waals surface area contributed by atoms with Crippen molar-refractivity contribution < 1.29 is 23.5 Å². The summed E-state index contributed by atoms with van der Waals surface area (Å²) < 4.78 is 24.1. The summed E-state index contributed by atoms with van der Waals surface area (Å²) in [6.07, 6.45) is 1.84. The number of amides is 2. The van der Waals surface area contributed by atoms with Crippen molar-refractivity contribution in [1.29, 1.82) is 0 Å². The molecule has 0 radical (unpaired) electrons. The number of likely N-dealkylation sites (tertiary alicyclic amines) is 1. The summed E-state index contributed by atoms with van der Waals surface area (Å²) in [4.78, 5) is 27.7. The summed E-state index contributed by atoms with van der Waals surface area (Å²) in [7, 11) is 3.19. The maximum Gasteiger partial charge on any atom is 0.225 e. The maximum atomic E-state index is 13.2. The molecule has 2 atom stereocenters. The lowest BCUT2D eigenvalue weighted by Gasteiger charge is -2.21. The van der Waals surface area contributed by atoms with E-state index in [-0.39, 0.29) is 29.5 Å². The van der Waals surface area contributed by atoms with Gasteiger partial charge in [0.2, 0.25) is 11.8 Å². The number of carbonyl (C=O) groups is 2. The van der Waals surface area contributed by atoms with Gasteiger partial charge in [-0.2, -0.15) is 0 Å². The zero-order valence-electron chi connectivity index (χ0n) is 17.8. The summed E-state index contributed by atoms with van der Waals surface area (Å²) >= 11 is 0. The highest BCUT2D eigenvalue weighted by atomic mass is 19.1. The first-order chi connectivity index (χ1) is 15.0. The topological polar surface area (TPSA) is 67.9 Å². The number of rotatable bonds is 7. The first-order valence-corrected chi connectivity index (χ1v) is 10.5. The van der Waals surface area contributed by atoms with Crippen molar-refractivity contribution in [2.45, 2.75) is 25.3 Å². The molecule has 2 aromatic carbocycles. The zero-order chi connectivity index (χ0) is 22.0. The van der Waals surface area contributed by atoms with E-state index >= 15 is 0 Å². The Morgan fingerprint density at radius 3 is 2.45 bits per heavy atom. The molecule has 0 aromatic heterocycles. The van der Waals surface area contributed by atoms with E-state index in [2.05, 4.69) is 5.32 Å². The number of hydrogen-bond acceptors (Lipinski definition) is 4. The van der Waals surface area contributed by atoms with E-state index in [1.54, 1.807) is 26.4 Å². The lowest BCUT2D eigenvalue weighted by atomic mass is 9.87. The molecule has 0 spiro atoms. The highest BCUT2D eigenvalue weighted by Gasteiger charge is 2.44. The van der Waals surface area contributed by atoms with Crippen LogP contribution in [-0.4, -0.2) is 44.0 Å². The minimum Gasteiger partial charge on any atom is -0.497 e. The molecule has 0 bridgehead atoms. The second-order valence-corrected chi connectivity index (χ2v) is 8.18. The number of carbonyl (C=O) groups excluding carboxylic acids is 2. The van der Waals surface area contributed by atoms with E-state index in [1.165, 1.54) is 12.1 Å². The van der Waals surface area contributed by atoms with E-state index in [0.717, 1.165) is 24.0 Å². The van der Waals surface area contributed by atoms with Gasteiger partial charge < -0.3 is 19.7 Å². The molecule has 2 fully saturated rings. The molecule has 6 nitrogen and oxygen atoms in total. The Kier molecular flexibility index (Phi) is 6.11. The second kappa shape index (κ2) is 8.96. The van der Waals surface area contributed by atoms with Crippen molar-refractivity contribution in [2.75, 3.05) is 27.3 Å². The van der Waals surface area contributed by atoms with Crippen LogP contribution in [0.4, 0.5) is 4.39 Å². The van der Waals surface area contributed by atoms with Gasteiger partial charge in [-0.3, -0.25) is 9.59 Å². The normalized spacial score (nSPS) is 20.4. The van der Waals surface area contributed by atoms with Crippen LogP contribution in [0.15, 0.2) is 42.5 Å². The molecule has 1 saturated carbocycles. The fraction of sp³-hybridized carbons (Fsp3) is 0.417. The second-order valence-electron chi connectivity index (χ2n) is 8.18. The molecular formula is C24H27FN2O4. The molecule has 2 aromatic rings. The molecule has 1 N–H and O–H groups in total. The number of halogens is 1. The number of benzene rings is 2. The molecule has 4 rings (SSSR count). The van der Waals surface area contributed by atoms with Gasteiger partial charge in [-0.05, 0) is 48.7 Å². The predicted molar refractivity (Wildman–Crippen MR) is 113 cm³/mol. The van der Waals surface area contributed by atoms with Crippen LogP contribution < -0.4 is 14.8 Å². The van der Waals surface area contributed by atoms with Crippen molar-refractivity contribution in [3.05, 3.63) is 59.4 Å². The lowest BCUT2D eigenvalue weighted by molar-refractivity contribution is -0.132.